The molecule has 1 saturated heterocycles. The van der Waals surface area contributed by atoms with Crippen molar-refractivity contribution in [2.45, 2.75) is 26.9 Å². The van der Waals surface area contributed by atoms with Crippen LogP contribution in [0.1, 0.15) is 20.8 Å². The number of ether oxygens (including phenoxy) is 2. The summed E-state index contributed by atoms with van der Waals surface area (Å²) in [4.78, 5) is 26.6. The van der Waals surface area contributed by atoms with E-state index in [1.165, 1.54) is 0 Å². The van der Waals surface area contributed by atoms with Gasteiger partial charge in [-0.3, -0.25) is 9.69 Å². The number of carbonyl (C=O) groups is 2. The molecule has 1 amide bonds. The lowest BCUT2D eigenvalue weighted by Gasteiger charge is -2.33. The molecule has 1 heterocycles. The molecule has 0 unspecified atom stereocenters. The Balaban J connectivity index is 2.27. The van der Waals surface area contributed by atoms with Crippen molar-refractivity contribution in [1.82, 2.24) is 9.80 Å². The number of hydrogen-bond donors (Lipinski definition) is 0. The van der Waals surface area contributed by atoms with E-state index >= 15 is 0 Å². The van der Waals surface area contributed by atoms with E-state index in [1.54, 1.807) is 11.8 Å². The standard InChI is InChI=1S/C12H22N2O4/c1-4-17-12(16)14-7-5-13(6-8-14)9-11(15)18-10(2)3/h10H,4-9H2,1-3H3. The Hall–Kier alpha value is -1.30. The first kappa shape index (κ1) is 14.8. The fourth-order valence-corrected chi connectivity index (χ4v) is 1.79. The highest BCUT2D eigenvalue weighted by molar-refractivity contribution is 5.72. The van der Waals surface area contributed by atoms with Crippen molar-refractivity contribution in [3.63, 3.8) is 0 Å². The van der Waals surface area contributed by atoms with Crippen molar-refractivity contribution >= 4 is 12.1 Å². The molecule has 6 nitrogen and oxygen atoms in total. The van der Waals surface area contributed by atoms with Crippen LogP contribution >= 0.6 is 0 Å². The zero-order valence-electron chi connectivity index (χ0n) is 11.3. The third kappa shape index (κ3) is 4.91. The minimum absolute atomic E-state index is 0.0849. The lowest BCUT2D eigenvalue weighted by atomic mass is 10.3. The molecule has 0 aromatic rings. The van der Waals surface area contributed by atoms with Crippen LogP contribution in [0.15, 0.2) is 0 Å². The van der Waals surface area contributed by atoms with Crippen LogP contribution in [0.3, 0.4) is 0 Å². The van der Waals surface area contributed by atoms with Gasteiger partial charge in [-0.2, -0.15) is 0 Å². The first-order valence-corrected chi connectivity index (χ1v) is 6.36. The molecular weight excluding hydrogens is 236 g/mol. The second-order valence-corrected chi connectivity index (χ2v) is 4.50. The summed E-state index contributed by atoms with van der Waals surface area (Å²) in [6, 6.07) is 0. The lowest BCUT2D eigenvalue weighted by molar-refractivity contribution is -0.149. The van der Waals surface area contributed by atoms with E-state index in [-0.39, 0.29) is 24.7 Å². The van der Waals surface area contributed by atoms with Gasteiger partial charge in [0.15, 0.2) is 0 Å². The highest BCUT2D eigenvalue weighted by Gasteiger charge is 2.23. The molecular formula is C12H22N2O4. The van der Waals surface area contributed by atoms with Gasteiger partial charge < -0.3 is 14.4 Å². The van der Waals surface area contributed by atoms with Crippen LogP contribution < -0.4 is 0 Å². The Morgan fingerprint density at radius 1 is 1.17 bits per heavy atom. The third-order valence-corrected chi connectivity index (χ3v) is 2.62. The normalized spacial score (nSPS) is 16.8. The molecule has 0 aromatic carbocycles. The minimum Gasteiger partial charge on any atom is -0.462 e. The summed E-state index contributed by atoms with van der Waals surface area (Å²) in [6.45, 7) is 8.65. The van der Waals surface area contributed by atoms with Crippen molar-refractivity contribution in [2.75, 3.05) is 39.3 Å². The number of nitrogens with zero attached hydrogens (tertiary/aromatic N) is 2. The van der Waals surface area contributed by atoms with Crippen molar-refractivity contribution in [3.05, 3.63) is 0 Å². The summed E-state index contributed by atoms with van der Waals surface area (Å²) >= 11 is 0. The Morgan fingerprint density at radius 2 is 1.78 bits per heavy atom. The Kier molecular flexibility index (Phi) is 5.91. The molecule has 0 N–H and O–H groups in total. The van der Waals surface area contributed by atoms with E-state index in [1.807, 2.05) is 18.7 Å². The maximum Gasteiger partial charge on any atom is 0.409 e. The molecule has 1 aliphatic rings. The summed E-state index contributed by atoms with van der Waals surface area (Å²) in [5.41, 5.74) is 0. The molecule has 0 bridgehead atoms. The van der Waals surface area contributed by atoms with E-state index in [0.29, 0.717) is 32.8 Å². The number of rotatable bonds is 4. The summed E-state index contributed by atoms with van der Waals surface area (Å²) in [5, 5.41) is 0. The zero-order valence-corrected chi connectivity index (χ0v) is 11.3. The van der Waals surface area contributed by atoms with Crippen molar-refractivity contribution in [3.8, 4) is 0 Å². The van der Waals surface area contributed by atoms with Gasteiger partial charge >= 0.3 is 12.1 Å². The zero-order chi connectivity index (χ0) is 13.5. The predicted octanol–water partition coefficient (Wildman–Crippen LogP) is 0.712. The number of carbonyl (C=O) groups excluding carboxylic acids is 2. The van der Waals surface area contributed by atoms with Crippen molar-refractivity contribution in [1.29, 1.82) is 0 Å². The fraction of sp³-hybridized carbons (Fsp3) is 0.833. The molecule has 18 heavy (non-hydrogen) atoms. The first-order valence-electron chi connectivity index (χ1n) is 6.36. The first-order chi connectivity index (χ1) is 8.52. The average molecular weight is 258 g/mol. The van der Waals surface area contributed by atoms with E-state index in [0.717, 1.165) is 0 Å². The minimum atomic E-state index is -0.276. The smallest absolute Gasteiger partial charge is 0.409 e. The van der Waals surface area contributed by atoms with Crippen LogP contribution in [0.25, 0.3) is 0 Å². The van der Waals surface area contributed by atoms with Gasteiger partial charge in [0.1, 0.15) is 0 Å². The van der Waals surface area contributed by atoms with Crippen LogP contribution in [0.4, 0.5) is 4.79 Å². The highest BCUT2D eigenvalue weighted by Crippen LogP contribution is 2.04. The second-order valence-electron chi connectivity index (χ2n) is 4.50. The molecule has 104 valence electrons. The quantitative estimate of drug-likeness (QED) is 0.695. The van der Waals surface area contributed by atoms with Gasteiger partial charge in [-0.1, -0.05) is 0 Å². The summed E-state index contributed by atoms with van der Waals surface area (Å²) in [7, 11) is 0. The molecule has 1 rings (SSSR count). The Morgan fingerprint density at radius 3 is 2.28 bits per heavy atom. The van der Waals surface area contributed by atoms with E-state index in [4.69, 9.17) is 9.47 Å². The van der Waals surface area contributed by atoms with Gasteiger partial charge in [0.25, 0.3) is 0 Å². The van der Waals surface area contributed by atoms with Crippen LogP contribution in [-0.2, 0) is 14.3 Å². The third-order valence-electron chi connectivity index (χ3n) is 2.62. The molecule has 0 aromatic heterocycles. The lowest BCUT2D eigenvalue weighted by Crippen LogP contribution is -2.50. The molecule has 0 radical (unpaired) electrons. The van der Waals surface area contributed by atoms with Crippen LogP contribution in [0.5, 0.6) is 0 Å². The van der Waals surface area contributed by atoms with Crippen LogP contribution in [0, 0.1) is 0 Å². The van der Waals surface area contributed by atoms with Crippen molar-refractivity contribution < 1.29 is 19.1 Å². The molecule has 1 fully saturated rings. The van der Waals surface area contributed by atoms with Gasteiger partial charge in [0, 0.05) is 26.2 Å². The van der Waals surface area contributed by atoms with E-state index in [2.05, 4.69) is 0 Å². The van der Waals surface area contributed by atoms with Crippen LogP contribution in [-0.4, -0.2) is 67.3 Å². The van der Waals surface area contributed by atoms with Gasteiger partial charge in [0.05, 0.1) is 19.3 Å². The van der Waals surface area contributed by atoms with Crippen molar-refractivity contribution in [2.24, 2.45) is 0 Å². The molecule has 1 aliphatic heterocycles. The topological polar surface area (TPSA) is 59.1 Å². The van der Waals surface area contributed by atoms with Gasteiger partial charge in [-0.25, -0.2) is 4.79 Å². The van der Waals surface area contributed by atoms with Crippen LogP contribution in [0.2, 0.25) is 0 Å². The molecule has 6 heteroatoms. The maximum atomic E-state index is 11.5. The summed E-state index contributed by atoms with van der Waals surface area (Å²) < 4.78 is 10.0. The SMILES string of the molecule is CCOC(=O)N1CCN(CC(=O)OC(C)C)CC1. The number of piperazine rings is 1. The van der Waals surface area contributed by atoms with Gasteiger partial charge in [-0.15, -0.1) is 0 Å². The molecule has 0 atom stereocenters. The van der Waals surface area contributed by atoms with E-state index < -0.39 is 0 Å². The number of amides is 1. The molecule has 0 saturated carbocycles. The highest BCUT2D eigenvalue weighted by atomic mass is 16.6. The van der Waals surface area contributed by atoms with Gasteiger partial charge in [-0.05, 0) is 20.8 Å². The summed E-state index contributed by atoms with van der Waals surface area (Å²) in [5.74, 6) is -0.213. The van der Waals surface area contributed by atoms with E-state index in [9.17, 15) is 9.59 Å². The maximum absolute atomic E-state index is 11.5. The fourth-order valence-electron chi connectivity index (χ4n) is 1.79. The predicted molar refractivity (Wildman–Crippen MR) is 66.3 cm³/mol. The Labute approximate surface area is 108 Å². The average Bonchev–Trinajstić information content (AvgIpc) is 2.29. The second kappa shape index (κ2) is 7.20. The van der Waals surface area contributed by atoms with Gasteiger partial charge in [0.2, 0.25) is 0 Å². The molecule has 0 spiro atoms. The number of esters is 1. The molecule has 0 aliphatic carbocycles. The monoisotopic (exact) mass is 258 g/mol. The number of hydrogen-bond acceptors (Lipinski definition) is 5. The summed E-state index contributed by atoms with van der Waals surface area (Å²) in [6.07, 6.45) is -0.361. The Bertz CT molecular complexity index is 286. The largest absolute Gasteiger partial charge is 0.462 e.